The zero-order valence-electron chi connectivity index (χ0n) is 25.3. The first kappa shape index (κ1) is 30.6. The number of aromatic nitrogens is 3. The van der Waals surface area contributed by atoms with Crippen LogP contribution in [-0.4, -0.2) is 53.1 Å². The molecule has 11 heteroatoms. The third-order valence-corrected chi connectivity index (χ3v) is 9.92. The second kappa shape index (κ2) is 12.1. The summed E-state index contributed by atoms with van der Waals surface area (Å²) < 4.78 is 11.1. The topological polar surface area (TPSA) is 128 Å². The Balaban J connectivity index is 1.48. The van der Waals surface area contributed by atoms with E-state index in [0.717, 1.165) is 18.5 Å². The van der Waals surface area contributed by atoms with Gasteiger partial charge in [-0.2, -0.15) is 0 Å². The Morgan fingerprint density at radius 1 is 0.933 bits per heavy atom. The number of anilines is 1. The number of guanidine groups is 1. The van der Waals surface area contributed by atoms with E-state index in [1.54, 1.807) is 32.4 Å². The molecule has 1 saturated heterocycles. The van der Waals surface area contributed by atoms with Gasteiger partial charge in [-0.25, -0.2) is 15.0 Å². The van der Waals surface area contributed by atoms with Crippen LogP contribution in [0.2, 0.25) is 10.0 Å². The molecule has 2 aromatic heterocycles. The Hall–Kier alpha value is -4.47. The molecule has 1 unspecified atom stereocenters. The number of piperidine rings is 1. The minimum absolute atomic E-state index is 0.368. The van der Waals surface area contributed by atoms with E-state index in [1.807, 2.05) is 30.5 Å². The van der Waals surface area contributed by atoms with Crippen molar-refractivity contribution in [2.75, 3.05) is 33.0 Å². The zero-order chi connectivity index (χ0) is 31.8. The molecule has 3 heterocycles. The SMILES string of the molecule is COc1cc2nc(C(C)(c3ccc[nH]3)C3(c4ccccc4)CCN(C(N)=Nc4ccc(Cl)c(Cl)c4)CC3)nc(N)c2cc1OC. The minimum atomic E-state index is -0.727. The molecule has 0 bridgehead atoms. The molecule has 0 radical (unpaired) electrons. The number of aromatic amines is 1. The lowest BCUT2D eigenvalue weighted by Crippen LogP contribution is -2.57. The van der Waals surface area contributed by atoms with E-state index in [2.05, 4.69) is 52.1 Å². The van der Waals surface area contributed by atoms with Crippen LogP contribution in [0.5, 0.6) is 11.5 Å². The van der Waals surface area contributed by atoms with Gasteiger partial charge < -0.3 is 30.8 Å². The summed E-state index contributed by atoms with van der Waals surface area (Å²) in [5.41, 5.74) is 15.5. The van der Waals surface area contributed by atoms with Gasteiger partial charge in [-0.15, -0.1) is 0 Å². The van der Waals surface area contributed by atoms with Crippen molar-refractivity contribution in [3.8, 4) is 11.5 Å². The van der Waals surface area contributed by atoms with Gasteiger partial charge in [0.2, 0.25) is 0 Å². The monoisotopic (exact) mass is 643 g/mol. The number of nitrogen functional groups attached to an aromatic ring is 1. The second-order valence-corrected chi connectivity index (χ2v) is 12.2. The lowest BCUT2D eigenvalue weighted by Gasteiger charge is -2.52. The smallest absolute Gasteiger partial charge is 0.196 e. The second-order valence-electron chi connectivity index (χ2n) is 11.4. The highest BCUT2D eigenvalue weighted by Gasteiger charge is 2.55. The number of methoxy groups -OCH3 is 2. The van der Waals surface area contributed by atoms with Crippen molar-refractivity contribution in [3.63, 3.8) is 0 Å². The third kappa shape index (κ3) is 5.30. The summed E-state index contributed by atoms with van der Waals surface area (Å²) in [6, 6.07) is 23.5. The summed E-state index contributed by atoms with van der Waals surface area (Å²) in [5.74, 6) is 2.53. The summed E-state index contributed by atoms with van der Waals surface area (Å²) in [5, 5.41) is 1.59. The molecule has 0 saturated carbocycles. The normalized spacial score (nSPS) is 16.4. The first-order valence-corrected chi connectivity index (χ1v) is 15.4. The molecule has 3 aromatic carbocycles. The van der Waals surface area contributed by atoms with Crippen molar-refractivity contribution in [2.45, 2.75) is 30.6 Å². The van der Waals surface area contributed by atoms with Gasteiger partial charge in [-0.1, -0.05) is 53.5 Å². The van der Waals surface area contributed by atoms with Gasteiger partial charge >= 0.3 is 0 Å². The van der Waals surface area contributed by atoms with Gasteiger partial charge in [0, 0.05) is 41.8 Å². The van der Waals surface area contributed by atoms with Gasteiger partial charge in [-0.3, -0.25) is 0 Å². The number of halogens is 2. The van der Waals surface area contributed by atoms with Gasteiger partial charge in [0.15, 0.2) is 17.5 Å². The Bertz CT molecular complexity index is 1860. The Morgan fingerprint density at radius 2 is 1.64 bits per heavy atom. The maximum absolute atomic E-state index is 6.67. The number of aliphatic imine (C=N–C) groups is 1. The van der Waals surface area contributed by atoms with Crippen LogP contribution in [0.25, 0.3) is 10.9 Å². The fourth-order valence-corrected chi connectivity index (χ4v) is 6.94. The van der Waals surface area contributed by atoms with E-state index in [-0.39, 0.29) is 0 Å². The number of benzene rings is 3. The maximum Gasteiger partial charge on any atom is 0.196 e. The van der Waals surface area contributed by atoms with E-state index in [0.29, 0.717) is 68.8 Å². The van der Waals surface area contributed by atoms with Crippen molar-refractivity contribution in [1.29, 1.82) is 0 Å². The predicted molar refractivity (Wildman–Crippen MR) is 181 cm³/mol. The highest BCUT2D eigenvalue weighted by Crippen LogP contribution is 2.53. The fourth-order valence-electron chi connectivity index (χ4n) is 6.65. The summed E-state index contributed by atoms with van der Waals surface area (Å²) in [6.45, 7) is 3.50. The van der Waals surface area contributed by atoms with Gasteiger partial charge in [0.25, 0.3) is 0 Å². The number of nitrogens with two attached hydrogens (primary N) is 2. The number of nitrogens with zero attached hydrogens (tertiary/aromatic N) is 4. The van der Waals surface area contributed by atoms with Crippen molar-refractivity contribution in [1.82, 2.24) is 19.9 Å². The van der Waals surface area contributed by atoms with Crippen molar-refractivity contribution < 1.29 is 9.47 Å². The lowest BCUT2D eigenvalue weighted by atomic mass is 9.54. The first-order chi connectivity index (χ1) is 21.7. The van der Waals surface area contributed by atoms with Gasteiger partial charge in [0.1, 0.15) is 11.6 Å². The molecule has 1 aliphatic rings. The van der Waals surface area contributed by atoms with E-state index >= 15 is 0 Å². The number of H-pyrrole nitrogens is 1. The van der Waals surface area contributed by atoms with Crippen LogP contribution in [0.1, 0.15) is 36.8 Å². The van der Waals surface area contributed by atoms with E-state index in [4.69, 9.17) is 54.1 Å². The average molecular weight is 645 g/mol. The molecule has 1 fully saturated rings. The van der Waals surface area contributed by atoms with Gasteiger partial charge in [-0.05, 0) is 61.7 Å². The highest BCUT2D eigenvalue weighted by atomic mass is 35.5. The molecule has 0 amide bonds. The molecule has 1 aliphatic heterocycles. The van der Waals surface area contributed by atoms with Crippen LogP contribution < -0.4 is 20.9 Å². The Kier molecular flexibility index (Phi) is 8.24. The van der Waals surface area contributed by atoms with Crippen LogP contribution in [-0.2, 0) is 10.8 Å². The number of hydrogen-bond acceptors (Lipinski definition) is 6. The van der Waals surface area contributed by atoms with Crippen LogP contribution in [0.3, 0.4) is 0 Å². The Morgan fingerprint density at radius 3 is 2.29 bits per heavy atom. The number of fused-ring (bicyclic) bond motifs is 1. The van der Waals surface area contributed by atoms with Crippen molar-refractivity contribution >= 4 is 51.6 Å². The molecule has 45 heavy (non-hydrogen) atoms. The number of likely N-dealkylation sites (tertiary alicyclic amines) is 1. The third-order valence-electron chi connectivity index (χ3n) is 9.19. The minimum Gasteiger partial charge on any atom is -0.493 e. The summed E-state index contributed by atoms with van der Waals surface area (Å²) in [6.07, 6.45) is 3.40. The maximum atomic E-state index is 6.67. The molecule has 9 nitrogen and oxygen atoms in total. The zero-order valence-corrected chi connectivity index (χ0v) is 26.9. The fraction of sp³-hybridized carbons (Fsp3) is 0.265. The number of hydrogen-bond donors (Lipinski definition) is 3. The molecule has 5 N–H and O–H groups in total. The van der Waals surface area contributed by atoms with Crippen molar-refractivity contribution in [2.24, 2.45) is 10.7 Å². The molecule has 232 valence electrons. The summed E-state index contributed by atoms with van der Waals surface area (Å²) >= 11 is 12.3. The molecule has 1 atom stereocenters. The molecular formula is C34H35Cl2N7O2. The van der Waals surface area contributed by atoms with Crippen LogP contribution in [0.15, 0.2) is 84.0 Å². The Labute approximate surface area is 272 Å². The average Bonchev–Trinajstić information content (AvgIpc) is 3.61. The largest absolute Gasteiger partial charge is 0.493 e. The van der Waals surface area contributed by atoms with Crippen LogP contribution >= 0.6 is 23.2 Å². The summed E-state index contributed by atoms with van der Waals surface area (Å²) in [7, 11) is 3.20. The number of rotatable bonds is 7. The molecule has 0 aliphatic carbocycles. The van der Waals surface area contributed by atoms with E-state index in [9.17, 15) is 0 Å². The quantitative estimate of drug-likeness (QED) is 0.131. The lowest BCUT2D eigenvalue weighted by molar-refractivity contribution is 0.148. The molecule has 5 aromatic rings. The van der Waals surface area contributed by atoms with Crippen LogP contribution in [0.4, 0.5) is 11.5 Å². The molecule has 6 rings (SSSR count). The molecule has 0 spiro atoms. The van der Waals surface area contributed by atoms with E-state index in [1.165, 1.54) is 5.56 Å². The number of ether oxygens (including phenoxy) is 2. The number of nitrogens with one attached hydrogen (secondary N) is 1. The van der Waals surface area contributed by atoms with Crippen molar-refractivity contribution in [3.05, 3.63) is 106 Å². The van der Waals surface area contributed by atoms with Gasteiger partial charge in [0.05, 0.1) is 40.9 Å². The predicted octanol–water partition coefficient (Wildman–Crippen LogP) is 6.85. The highest BCUT2D eigenvalue weighted by molar-refractivity contribution is 6.42. The summed E-state index contributed by atoms with van der Waals surface area (Å²) in [4.78, 5) is 20.4. The van der Waals surface area contributed by atoms with E-state index < -0.39 is 10.8 Å². The first-order valence-electron chi connectivity index (χ1n) is 14.6. The van der Waals surface area contributed by atoms with Crippen LogP contribution in [0, 0.1) is 0 Å². The molecular weight excluding hydrogens is 609 g/mol. The standard InChI is InChI=1S/C34H35Cl2N7O2/c1-33(29-10-7-15-39-29,31-41-26-20-28(45-3)27(44-2)19-23(26)30(37)42-31)34(21-8-5-4-6-9-21)13-16-43(17-14-34)32(38)40-22-11-12-24(35)25(36)18-22/h4-12,15,18-20,39H,13-14,16-17H2,1-3H3,(H2,38,40)(H2,37,41,42).